The maximum absolute atomic E-state index is 14.5. The number of ether oxygens (including phenoxy) is 1. The van der Waals surface area contributed by atoms with Gasteiger partial charge in [-0.2, -0.15) is 0 Å². The Hall–Kier alpha value is -3.81. The largest absolute Gasteiger partial charge is 0.493 e. The number of fused-ring (bicyclic) bond motifs is 2. The summed E-state index contributed by atoms with van der Waals surface area (Å²) in [6.45, 7) is 4.17. The third kappa shape index (κ3) is 3.30. The first-order valence-corrected chi connectivity index (χ1v) is 10.0. The second-order valence-corrected chi connectivity index (χ2v) is 7.46. The van der Waals surface area contributed by atoms with E-state index in [0.717, 1.165) is 28.1 Å². The molecule has 0 bridgehead atoms. The minimum atomic E-state index is -0.286. The number of hydrogen-bond acceptors (Lipinski definition) is 6. The summed E-state index contributed by atoms with van der Waals surface area (Å²) < 4.78 is 21.8. The molecule has 0 spiro atoms. The van der Waals surface area contributed by atoms with Gasteiger partial charge < -0.3 is 10.1 Å². The first-order chi connectivity index (χ1) is 15.0. The number of aryl methyl sites for hydroxylation is 1. The number of anilines is 1. The lowest BCUT2D eigenvalue weighted by atomic mass is 10.0. The standard InChI is InChI=1S/C23H20FN5O2/c1-13-15(4-3-8-25-13)18-11-27-23(29-12-20(14(2)30)28-22(18)29)26-10-17-16-7-9-31-21(16)6-5-19(17)24/h3-6,8,11-12H,7,9-10H2,1-2H3,(H,26,27). The van der Waals surface area contributed by atoms with Gasteiger partial charge in [0.05, 0.1) is 6.61 Å². The summed E-state index contributed by atoms with van der Waals surface area (Å²) >= 11 is 0. The van der Waals surface area contributed by atoms with Gasteiger partial charge in [0.15, 0.2) is 5.78 Å². The predicted octanol–water partition coefficient (Wildman–Crippen LogP) is 3.99. The fourth-order valence-electron chi connectivity index (χ4n) is 3.91. The van der Waals surface area contributed by atoms with E-state index in [1.165, 1.54) is 13.0 Å². The predicted molar refractivity (Wildman–Crippen MR) is 114 cm³/mol. The van der Waals surface area contributed by atoms with Gasteiger partial charge in [-0.1, -0.05) is 6.07 Å². The highest BCUT2D eigenvalue weighted by atomic mass is 19.1. The van der Waals surface area contributed by atoms with Crippen molar-refractivity contribution in [1.29, 1.82) is 0 Å². The summed E-state index contributed by atoms with van der Waals surface area (Å²) in [5.41, 5.74) is 4.84. The Morgan fingerprint density at radius 2 is 2.13 bits per heavy atom. The second kappa shape index (κ2) is 7.46. The molecule has 3 aromatic heterocycles. The van der Waals surface area contributed by atoms with E-state index < -0.39 is 0 Å². The Morgan fingerprint density at radius 1 is 1.26 bits per heavy atom. The lowest BCUT2D eigenvalue weighted by molar-refractivity contribution is 0.101. The number of imidazole rings is 1. The van der Waals surface area contributed by atoms with Gasteiger partial charge in [0.1, 0.15) is 22.9 Å². The Balaban J connectivity index is 1.58. The maximum atomic E-state index is 14.5. The summed E-state index contributed by atoms with van der Waals surface area (Å²) in [5, 5.41) is 3.21. The number of halogens is 1. The average molecular weight is 417 g/mol. The third-order valence-corrected chi connectivity index (χ3v) is 5.51. The molecule has 4 heterocycles. The van der Waals surface area contributed by atoms with Crippen LogP contribution >= 0.6 is 0 Å². The minimum Gasteiger partial charge on any atom is -0.493 e. The van der Waals surface area contributed by atoms with Gasteiger partial charge in [-0.25, -0.2) is 14.4 Å². The van der Waals surface area contributed by atoms with E-state index in [2.05, 4.69) is 20.3 Å². The van der Waals surface area contributed by atoms with Gasteiger partial charge in [0.25, 0.3) is 0 Å². The molecule has 0 aliphatic carbocycles. The van der Waals surface area contributed by atoms with Gasteiger partial charge in [-0.05, 0) is 25.1 Å². The number of pyridine rings is 1. The number of nitrogens with zero attached hydrogens (tertiary/aromatic N) is 4. The first-order valence-electron chi connectivity index (χ1n) is 10.0. The molecular formula is C23H20FN5O2. The Kier molecular flexibility index (Phi) is 4.62. The van der Waals surface area contributed by atoms with Gasteiger partial charge >= 0.3 is 0 Å². The number of carbonyl (C=O) groups excluding carboxylic acids is 1. The molecule has 0 unspecified atom stereocenters. The molecule has 0 saturated heterocycles. The van der Waals surface area contributed by atoms with Crippen LogP contribution in [0.1, 0.15) is 34.2 Å². The molecule has 1 aliphatic heterocycles. The maximum Gasteiger partial charge on any atom is 0.208 e. The molecule has 4 aromatic rings. The van der Waals surface area contributed by atoms with Crippen molar-refractivity contribution >= 4 is 17.4 Å². The fraction of sp³-hybridized carbons (Fsp3) is 0.217. The SMILES string of the molecule is CC(=O)c1cn2c(NCc3c(F)ccc4c3CCO4)ncc(-c3cccnc3C)c2n1. The smallest absolute Gasteiger partial charge is 0.208 e. The monoisotopic (exact) mass is 417 g/mol. The van der Waals surface area contributed by atoms with E-state index in [0.29, 0.717) is 35.9 Å². The van der Waals surface area contributed by atoms with Gasteiger partial charge in [-0.3, -0.25) is 14.2 Å². The van der Waals surface area contributed by atoms with Gasteiger partial charge in [-0.15, -0.1) is 0 Å². The molecule has 1 aliphatic rings. The zero-order valence-electron chi connectivity index (χ0n) is 17.1. The van der Waals surface area contributed by atoms with Crippen molar-refractivity contribution in [1.82, 2.24) is 19.4 Å². The molecule has 0 atom stereocenters. The average Bonchev–Trinajstić information content (AvgIpc) is 3.41. The molecule has 0 amide bonds. The quantitative estimate of drug-likeness (QED) is 0.495. The van der Waals surface area contributed by atoms with Gasteiger partial charge in [0.2, 0.25) is 5.95 Å². The van der Waals surface area contributed by atoms with Crippen LogP contribution in [0, 0.1) is 12.7 Å². The van der Waals surface area contributed by atoms with Crippen LogP contribution in [0.3, 0.4) is 0 Å². The van der Waals surface area contributed by atoms with Crippen molar-refractivity contribution in [3.05, 3.63) is 71.2 Å². The molecule has 156 valence electrons. The Labute approximate surface area is 177 Å². The van der Waals surface area contributed by atoms with Crippen molar-refractivity contribution in [3.8, 4) is 16.9 Å². The number of Topliss-reactive ketones (excluding diaryl/α,β-unsaturated/α-hetero) is 1. The molecule has 1 N–H and O–H groups in total. The minimum absolute atomic E-state index is 0.146. The van der Waals surface area contributed by atoms with Gasteiger partial charge in [0, 0.05) is 66.4 Å². The summed E-state index contributed by atoms with van der Waals surface area (Å²) in [5.74, 6) is 0.759. The number of carbonyl (C=O) groups is 1. The van der Waals surface area contributed by atoms with Crippen LogP contribution in [0.5, 0.6) is 5.75 Å². The topological polar surface area (TPSA) is 81.4 Å². The van der Waals surface area contributed by atoms with Crippen LogP contribution in [0.25, 0.3) is 16.8 Å². The summed E-state index contributed by atoms with van der Waals surface area (Å²) in [6, 6.07) is 6.87. The van der Waals surface area contributed by atoms with Crippen LogP contribution in [-0.4, -0.2) is 31.7 Å². The van der Waals surface area contributed by atoms with Crippen LogP contribution in [0.2, 0.25) is 0 Å². The number of benzene rings is 1. The molecule has 5 rings (SSSR count). The number of ketones is 1. The van der Waals surface area contributed by atoms with Crippen LogP contribution in [0.15, 0.2) is 42.9 Å². The fourth-order valence-corrected chi connectivity index (χ4v) is 3.91. The molecule has 8 heteroatoms. The molecule has 0 saturated carbocycles. The molecule has 0 radical (unpaired) electrons. The number of hydrogen-bond donors (Lipinski definition) is 1. The summed E-state index contributed by atoms with van der Waals surface area (Å²) in [7, 11) is 0. The highest BCUT2D eigenvalue weighted by Gasteiger charge is 2.21. The molecule has 1 aromatic carbocycles. The Morgan fingerprint density at radius 3 is 2.94 bits per heavy atom. The van der Waals surface area contributed by atoms with Crippen LogP contribution < -0.4 is 10.1 Å². The highest BCUT2D eigenvalue weighted by molar-refractivity contribution is 5.94. The normalized spacial score (nSPS) is 12.6. The van der Waals surface area contributed by atoms with Crippen molar-refractivity contribution in [3.63, 3.8) is 0 Å². The zero-order valence-corrected chi connectivity index (χ0v) is 17.1. The lowest BCUT2D eigenvalue weighted by Gasteiger charge is -2.13. The second-order valence-electron chi connectivity index (χ2n) is 7.46. The van der Waals surface area contributed by atoms with E-state index >= 15 is 0 Å². The van der Waals surface area contributed by atoms with Crippen LogP contribution in [0.4, 0.5) is 10.3 Å². The lowest BCUT2D eigenvalue weighted by Crippen LogP contribution is -2.10. The van der Waals surface area contributed by atoms with Crippen LogP contribution in [-0.2, 0) is 13.0 Å². The molecule has 7 nitrogen and oxygen atoms in total. The number of aromatic nitrogens is 4. The van der Waals surface area contributed by atoms with E-state index in [-0.39, 0.29) is 18.1 Å². The first kappa shape index (κ1) is 19.2. The van der Waals surface area contributed by atoms with E-state index in [4.69, 9.17) is 4.74 Å². The summed E-state index contributed by atoms with van der Waals surface area (Å²) in [4.78, 5) is 25.4. The number of nitrogens with one attached hydrogen (secondary N) is 1. The Bertz CT molecular complexity index is 1330. The molecule has 31 heavy (non-hydrogen) atoms. The van der Waals surface area contributed by atoms with Crippen molar-refractivity contribution < 1.29 is 13.9 Å². The van der Waals surface area contributed by atoms with Crippen molar-refractivity contribution in [2.45, 2.75) is 26.8 Å². The molecule has 0 fully saturated rings. The van der Waals surface area contributed by atoms with E-state index in [9.17, 15) is 9.18 Å². The zero-order chi connectivity index (χ0) is 21.5. The van der Waals surface area contributed by atoms with Crippen molar-refractivity contribution in [2.75, 3.05) is 11.9 Å². The number of rotatable bonds is 5. The highest BCUT2D eigenvalue weighted by Crippen LogP contribution is 2.31. The summed E-state index contributed by atoms with van der Waals surface area (Å²) in [6.07, 6.45) is 5.75. The van der Waals surface area contributed by atoms with Crippen molar-refractivity contribution in [2.24, 2.45) is 0 Å². The van der Waals surface area contributed by atoms with E-state index in [1.54, 1.807) is 29.1 Å². The van der Waals surface area contributed by atoms with E-state index in [1.807, 2.05) is 19.1 Å². The third-order valence-electron chi connectivity index (χ3n) is 5.51. The molecular weight excluding hydrogens is 397 g/mol.